The standard InChI is InChI=1S/C27H27N5O2/c33-27(29-22-5-3-12-32(17-22)16-21-4-1-2-11-28-21)20-6-8-24-23(15-20)26(31-30-24)19-7-9-25-18(14-19)10-13-34-25/h1-2,4,6-9,11,14-15,22H,3,5,10,12-13,16-17H2,(H,29,33)(H,30,31). The van der Waals surface area contributed by atoms with Gasteiger partial charge < -0.3 is 10.1 Å². The molecule has 0 spiro atoms. The second-order valence-corrected chi connectivity index (χ2v) is 9.12. The lowest BCUT2D eigenvalue weighted by Gasteiger charge is -2.32. The van der Waals surface area contributed by atoms with Crippen molar-refractivity contribution in [3.8, 4) is 17.0 Å². The summed E-state index contributed by atoms with van der Waals surface area (Å²) in [6.45, 7) is 3.39. The molecule has 4 heterocycles. The fourth-order valence-electron chi connectivity index (χ4n) is 5.02. The van der Waals surface area contributed by atoms with E-state index in [0.717, 1.165) is 79.1 Å². The van der Waals surface area contributed by atoms with E-state index < -0.39 is 0 Å². The van der Waals surface area contributed by atoms with Crippen LogP contribution in [0.5, 0.6) is 5.75 Å². The van der Waals surface area contributed by atoms with Crippen molar-refractivity contribution in [2.24, 2.45) is 0 Å². The summed E-state index contributed by atoms with van der Waals surface area (Å²) < 4.78 is 5.63. The van der Waals surface area contributed by atoms with Crippen LogP contribution in [-0.4, -0.2) is 51.7 Å². The minimum atomic E-state index is -0.0407. The number of amides is 1. The number of ether oxygens (including phenoxy) is 1. The van der Waals surface area contributed by atoms with Crippen LogP contribution < -0.4 is 10.1 Å². The van der Waals surface area contributed by atoms with Crippen LogP contribution in [0.15, 0.2) is 60.8 Å². The molecule has 7 heteroatoms. The molecule has 2 aromatic heterocycles. The number of rotatable bonds is 5. The van der Waals surface area contributed by atoms with Crippen molar-refractivity contribution in [3.05, 3.63) is 77.6 Å². The highest BCUT2D eigenvalue weighted by Gasteiger charge is 2.23. The second kappa shape index (κ2) is 8.91. The first-order valence-corrected chi connectivity index (χ1v) is 11.9. The topological polar surface area (TPSA) is 83.1 Å². The smallest absolute Gasteiger partial charge is 0.251 e. The van der Waals surface area contributed by atoms with Crippen LogP contribution in [-0.2, 0) is 13.0 Å². The molecule has 0 radical (unpaired) electrons. The number of H-pyrrole nitrogens is 1. The Balaban J connectivity index is 1.18. The van der Waals surface area contributed by atoms with Gasteiger partial charge in [0, 0.05) is 48.3 Å². The van der Waals surface area contributed by atoms with E-state index in [9.17, 15) is 4.79 Å². The Morgan fingerprint density at radius 2 is 2.15 bits per heavy atom. The molecule has 34 heavy (non-hydrogen) atoms. The zero-order valence-corrected chi connectivity index (χ0v) is 19.0. The number of aromatic nitrogens is 3. The third kappa shape index (κ3) is 4.15. The van der Waals surface area contributed by atoms with E-state index in [-0.39, 0.29) is 11.9 Å². The minimum absolute atomic E-state index is 0.0407. The van der Waals surface area contributed by atoms with Gasteiger partial charge in [0.15, 0.2) is 0 Å². The summed E-state index contributed by atoms with van der Waals surface area (Å²) in [7, 11) is 0. The SMILES string of the molecule is O=C(NC1CCCN(Cc2ccccn2)C1)c1ccc2[nH]nc(-c3ccc4c(c3)CCO4)c2c1. The van der Waals surface area contributed by atoms with E-state index in [1.807, 2.05) is 54.7 Å². The van der Waals surface area contributed by atoms with Crippen molar-refractivity contribution in [1.82, 2.24) is 25.4 Å². The van der Waals surface area contributed by atoms with Crippen LogP contribution in [0.3, 0.4) is 0 Å². The van der Waals surface area contributed by atoms with Gasteiger partial charge in [-0.2, -0.15) is 5.10 Å². The quantitative estimate of drug-likeness (QED) is 0.478. The summed E-state index contributed by atoms with van der Waals surface area (Å²) >= 11 is 0. The molecule has 2 aliphatic heterocycles. The van der Waals surface area contributed by atoms with Crippen molar-refractivity contribution < 1.29 is 9.53 Å². The van der Waals surface area contributed by atoms with Gasteiger partial charge in [-0.1, -0.05) is 6.07 Å². The Bertz CT molecular complexity index is 1330. The van der Waals surface area contributed by atoms with Gasteiger partial charge in [-0.15, -0.1) is 0 Å². The first kappa shape index (κ1) is 20.9. The van der Waals surface area contributed by atoms with Crippen LogP contribution in [0.1, 0.15) is 34.5 Å². The van der Waals surface area contributed by atoms with Crippen LogP contribution in [0, 0.1) is 0 Å². The van der Waals surface area contributed by atoms with Gasteiger partial charge in [0.25, 0.3) is 5.91 Å². The van der Waals surface area contributed by atoms with E-state index >= 15 is 0 Å². The number of fused-ring (bicyclic) bond motifs is 2. The van der Waals surface area contributed by atoms with E-state index in [4.69, 9.17) is 4.74 Å². The molecule has 1 fully saturated rings. The Kier molecular flexibility index (Phi) is 5.47. The van der Waals surface area contributed by atoms with Gasteiger partial charge in [0.05, 0.1) is 23.5 Å². The molecular weight excluding hydrogens is 426 g/mol. The average Bonchev–Trinajstić information content (AvgIpc) is 3.51. The second-order valence-electron chi connectivity index (χ2n) is 9.12. The van der Waals surface area contributed by atoms with Gasteiger partial charge in [0.2, 0.25) is 0 Å². The van der Waals surface area contributed by atoms with Gasteiger partial charge in [-0.3, -0.25) is 19.8 Å². The third-order valence-corrected chi connectivity index (χ3v) is 6.74. The fourth-order valence-corrected chi connectivity index (χ4v) is 5.02. The number of nitrogens with zero attached hydrogens (tertiary/aromatic N) is 3. The van der Waals surface area contributed by atoms with Crippen molar-refractivity contribution in [3.63, 3.8) is 0 Å². The number of piperidine rings is 1. The van der Waals surface area contributed by atoms with E-state index in [0.29, 0.717) is 5.56 Å². The average molecular weight is 454 g/mol. The minimum Gasteiger partial charge on any atom is -0.493 e. The van der Waals surface area contributed by atoms with Crippen LogP contribution in [0.25, 0.3) is 22.2 Å². The number of carbonyl (C=O) groups excluding carboxylic acids is 1. The van der Waals surface area contributed by atoms with E-state index in [1.165, 1.54) is 5.56 Å². The molecule has 7 nitrogen and oxygen atoms in total. The number of hydrogen-bond donors (Lipinski definition) is 2. The molecule has 2 N–H and O–H groups in total. The molecule has 6 rings (SSSR count). The van der Waals surface area contributed by atoms with Gasteiger partial charge in [0.1, 0.15) is 5.75 Å². The lowest BCUT2D eigenvalue weighted by Crippen LogP contribution is -2.47. The maximum Gasteiger partial charge on any atom is 0.251 e. The lowest BCUT2D eigenvalue weighted by atomic mass is 10.0. The lowest BCUT2D eigenvalue weighted by molar-refractivity contribution is 0.0900. The van der Waals surface area contributed by atoms with Crippen molar-refractivity contribution in [1.29, 1.82) is 0 Å². The maximum absolute atomic E-state index is 13.2. The zero-order valence-electron chi connectivity index (χ0n) is 19.0. The third-order valence-electron chi connectivity index (χ3n) is 6.74. The zero-order chi connectivity index (χ0) is 22.9. The molecule has 2 aromatic carbocycles. The Hall–Kier alpha value is -3.71. The summed E-state index contributed by atoms with van der Waals surface area (Å²) in [4.78, 5) is 20.0. The monoisotopic (exact) mass is 453 g/mol. The summed E-state index contributed by atoms with van der Waals surface area (Å²) in [5, 5.41) is 11.9. The van der Waals surface area contributed by atoms with Crippen molar-refractivity contribution in [2.75, 3.05) is 19.7 Å². The molecule has 0 bridgehead atoms. The largest absolute Gasteiger partial charge is 0.493 e. The van der Waals surface area contributed by atoms with Crippen LogP contribution in [0.4, 0.5) is 0 Å². The molecule has 0 aliphatic carbocycles. The van der Waals surface area contributed by atoms with Crippen LogP contribution in [0.2, 0.25) is 0 Å². The summed E-state index contributed by atoms with van der Waals surface area (Å²) in [6, 6.07) is 18.1. The molecular formula is C27H27N5O2. The first-order chi connectivity index (χ1) is 16.7. The molecule has 1 atom stereocenters. The number of benzene rings is 2. The molecule has 4 aromatic rings. The number of likely N-dealkylation sites (tertiary alicyclic amines) is 1. The normalized spacial score (nSPS) is 17.9. The fraction of sp³-hybridized carbons (Fsp3) is 0.296. The molecule has 1 amide bonds. The molecule has 0 saturated carbocycles. The highest BCUT2D eigenvalue weighted by atomic mass is 16.5. The Labute approximate surface area is 198 Å². The predicted octanol–water partition coefficient (Wildman–Crippen LogP) is 3.95. The number of nitrogens with one attached hydrogen (secondary N) is 2. The molecule has 172 valence electrons. The molecule has 2 aliphatic rings. The van der Waals surface area contributed by atoms with E-state index in [2.05, 4.69) is 31.5 Å². The van der Waals surface area contributed by atoms with Gasteiger partial charge in [-0.25, -0.2) is 0 Å². The number of aromatic amines is 1. The summed E-state index contributed by atoms with van der Waals surface area (Å²) in [5.74, 6) is 0.911. The predicted molar refractivity (Wildman–Crippen MR) is 131 cm³/mol. The van der Waals surface area contributed by atoms with E-state index in [1.54, 1.807) is 0 Å². The number of pyridine rings is 1. The van der Waals surface area contributed by atoms with Crippen LogP contribution >= 0.6 is 0 Å². The number of carbonyl (C=O) groups is 1. The highest BCUT2D eigenvalue weighted by Crippen LogP contribution is 2.33. The summed E-state index contributed by atoms with van der Waals surface area (Å²) in [6.07, 6.45) is 4.79. The van der Waals surface area contributed by atoms with Crippen molar-refractivity contribution in [2.45, 2.75) is 31.8 Å². The van der Waals surface area contributed by atoms with Gasteiger partial charge in [-0.05, 0) is 73.5 Å². The highest BCUT2D eigenvalue weighted by molar-refractivity contribution is 6.01. The maximum atomic E-state index is 13.2. The Morgan fingerprint density at radius 3 is 3.06 bits per heavy atom. The Morgan fingerprint density at radius 1 is 1.18 bits per heavy atom. The number of hydrogen-bond acceptors (Lipinski definition) is 5. The first-order valence-electron chi connectivity index (χ1n) is 11.9. The summed E-state index contributed by atoms with van der Waals surface area (Å²) in [5.41, 5.74) is 5.73. The molecule has 1 saturated heterocycles. The van der Waals surface area contributed by atoms with Crippen molar-refractivity contribution >= 4 is 16.8 Å². The van der Waals surface area contributed by atoms with Gasteiger partial charge >= 0.3 is 0 Å². The molecule has 1 unspecified atom stereocenters.